The van der Waals surface area contributed by atoms with Crippen LogP contribution in [-0.4, -0.2) is 34.0 Å². The number of nitrogens with zero attached hydrogens (tertiary/aromatic N) is 2. The second kappa shape index (κ2) is 6.22. The van der Waals surface area contributed by atoms with E-state index in [9.17, 15) is 5.11 Å². The first-order valence-corrected chi connectivity index (χ1v) is 8.41. The van der Waals surface area contributed by atoms with Gasteiger partial charge in [-0.05, 0) is 50.2 Å². The van der Waals surface area contributed by atoms with Crippen molar-refractivity contribution in [2.45, 2.75) is 13.8 Å². The SMILES string of the molecule is CCOc1cc2c(-c3ccc(O)cc3)nc3[nH]nc(C)c3c2cc1OC. The van der Waals surface area contributed by atoms with Gasteiger partial charge in [-0.1, -0.05) is 0 Å². The first-order valence-electron chi connectivity index (χ1n) is 8.41. The molecule has 6 heteroatoms. The number of aromatic nitrogens is 3. The summed E-state index contributed by atoms with van der Waals surface area (Å²) in [5, 5.41) is 19.8. The summed E-state index contributed by atoms with van der Waals surface area (Å²) in [6.45, 7) is 4.42. The van der Waals surface area contributed by atoms with E-state index in [1.807, 2.05) is 38.1 Å². The van der Waals surface area contributed by atoms with Crippen LogP contribution >= 0.6 is 0 Å². The zero-order chi connectivity index (χ0) is 18.3. The quantitative estimate of drug-likeness (QED) is 0.577. The molecule has 4 rings (SSSR count). The third-order valence-electron chi connectivity index (χ3n) is 4.42. The Bertz CT molecular complexity index is 1100. The van der Waals surface area contributed by atoms with Crippen molar-refractivity contribution in [2.24, 2.45) is 0 Å². The number of phenolic OH excluding ortho intramolecular Hbond substituents is 1. The largest absolute Gasteiger partial charge is 0.508 e. The van der Waals surface area contributed by atoms with Crippen molar-refractivity contribution in [3.05, 3.63) is 42.1 Å². The number of rotatable bonds is 4. The highest BCUT2D eigenvalue weighted by molar-refractivity contribution is 6.12. The number of aryl methyl sites for hydroxylation is 1. The topological polar surface area (TPSA) is 80.3 Å². The molecule has 0 saturated carbocycles. The molecule has 2 aromatic carbocycles. The number of phenols is 1. The van der Waals surface area contributed by atoms with E-state index in [0.717, 1.165) is 33.1 Å². The third kappa shape index (κ3) is 2.50. The van der Waals surface area contributed by atoms with Gasteiger partial charge in [0.25, 0.3) is 0 Å². The highest BCUT2D eigenvalue weighted by Gasteiger charge is 2.17. The fraction of sp³-hybridized carbons (Fsp3) is 0.200. The number of hydrogen-bond acceptors (Lipinski definition) is 5. The van der Waals surface area contributed by atoms with E-state index < -0.39 is 0 Å². The summed E-state index contributed by atoms with van der Waals surface area (Å²) in [4.78, 5) is 4.78. The molecule has 0 aliphatic carbocycles. The van der Waals surface area contributed by atoms with Gasteiger partial charge in [0.1, 0.15) is 5.75 Å². The van der Waals surface area contributed by atoms with Gasteiger partial charge in [0.2, 0.25) is 0 Å². The minimum absolute atomic E-state index is 0.216. The molecule has 0 aliphatic heterocycles. The third-order valence-corrected chi connectivity index (χ3v) is 4.42. The molecule has 0 spiro atoms. The van der Waals surface area contributed by atoms with Crippen LogP contribution in [0.1, 0.15) is 12.6 Å². The minimum atomic E-state index is 0.216. The summed E-state index contributed by atoms with van der Waals surface area (Å²) >= 11 is 0. The number of aromatic amines is 1. The molecule has 6 nitrogen and oxygen atoms in total. The number of ether oxygens (including phenoxy) is 2. The van der Waals surface area contributed by atoms with Crippen molar-refractivity contribution < 1.29 is 14.6 Å². The van der Waals surface area contributed by atoms with Crippen molar-refractivity contribution >= 4 is 21.8 Å². The Balaban J connectivity index is 2.12. The lowest BCUT2D eigenvalue weighted by molar-refractivity contribution is 0.311. The molecule has 0 saturated heterocycles. The van der Waals surface area contributed by atoms with Gasteiger partial charge in [0, 0.05) is 21.7 Å². The van der Waals surface area contributed by atoms with Gasteiger partial charge in [0.15, 0.2) is 17.1 Å². The molecule has 2 aromatic heterocycles. The minimum Gasteiger partial charge on any atom is -0.508 e. The maximum atomic E-state index is 9.60. The summed E-state index contributed by atoms with van der Waals surface area (Å²) in [7, 11) is 1.63. The number of H-pyrrole nitrogens is 1. The standard InChI is InChI=1S/C20H19N3O3/c1-4-26-17-10-15-14(9-16(17)25-3)18-11(2)22-23-20(18)21-19(15)12-5-7-13(24)8-6-12/h5-10,24H,4H2,1-3H3,(H,21,22,23). The number of nitrogens with one attached hydrogen (secondary N) is 1. The van der Waals surface area contributed by atoms with Crippen LogP contribution in [0.25, 0.3) is 33.1 Å². The Morgan fingerprint density at radius 1 is 1.08 bits per heavy atom. The van der Waals surface area contributed by atoms with Crippen LogP contribution in [-0.2, 0) is 0 Å². The van der Waals surface area contributed by atoms with Crippen LogP contribution in [0.15, 0.2) is 36.4 Å². The number of methoxy groups -OCH3 is 1. The molecule has 0 amide bonds. The molecule has 0 aliphatic rings. The first kappa shape index (κ1) is 16.2. The van der Waals surface area contributed by atoms with E-state index in [4.69, 9.17) is 14.5 Å². The molecule has 132 valence electrons. The van der Waals surface area contributed by atoms with Crippen LogP contribution < -0.4 is 9.47 Å². The van der Waals surface area contributed by atoms with Gasteiger partial charge < -0.3 is 14.6 Å². The van der Waals surface area contributed by atoms with Gasteiger partial charge in [-0.15, -0.1) is 0 Å². The van der Waals surface area contributed by atoms with Crippen LogP contribution in [0.4, 0.5) is 0 Å². The summed E-state index contributed by atoms with van der Waals surface area (Å²) < 4.78 is 11.3. The van der Waals surface area contributed by atoms with Crippen LogP contribution in [0, 0.1) is 6.92 Å². The average molecular weight is 349 g/mol. The molecular weight excluding hydrogens is 330 g/mol. The predicted molar refractivity (Wildman–Crippen MR) is 101 cm³/mol. The van der Waals surface area contributed by atoms with Crippen LogP contribution in [0.2, 0.25) is 0 Å². The fourth-order valence-corrected chi connectivity index (χ4v) is 3.23. The van der Waals surface area contributed by atoms with E-state index in [-0.39, 0.29) is 5.75 Å². The summed E-state index contributed by atoms with van der Waals surface area (Å²) in [5.74, 6) is 1.56. The summed E-state index contributed by atoms with van der Waals surface area (Å²) in [5.41, 5.74) is 3.28. The monoisotopic (exact) mass is 349 g/mol. The lowest BCUT2D eigenvalue weighted by Crippen LogP contribution is -1.97. The number of fused-ring (bicyclic) bond motifs is 3. The molecule has 4 aromatic rings. The van der Waals surface area contributed by atoms with Crippen molar-refractivity contribution in [3.63, 3.8) is 0 Å². The Labute approximate surface area is 150 Å². The number of hydrogen-bond donors (Lipinski definition) is 2. The molecule has 0 bridgehead atoms. The highest BCUT2D eigenvalue weighted by atomic mass is 16.5. The van der Waals surface area contributed by atoms with Crippen molar-refractivity contribution in [1.29, 1.82) is 0 Å². The number of pyridine rings is 1. The summed E-state index contributed by atoms with van der Waals surface area (Å²) in [6.07, 6.45) is 0. The molecule has 2 heterocycles. The molecule has 26 heavy (non-hydrogen) atoms. The van der Waals surface area contributed by atoms with Gasteiger partial charge in [-0.3, -0.25) is 5.10 Å². The van der Waals surface area contributed by atoms with Gasteiger partial charge in [-0.2, -0.15) is 5.10 Å². The summed E-state index contributed by atoms with van der Waals surface area (Å²) in [6, 6.07) is 10.9. The van der Waals surface area contributed by atoms with Gasteiger partial charge in [-0.25, -0.2) is 4.98 Å². The maximum Gasteiger partial charge on any atom is 0.161 e. The van der Waals surface area contributed by atoms with E-state index in [1.165, 1.54) is 0 Å². The normalized spacial score (nSPS) is 11.2. The number of aromatic hydroxyl groups is 1. The lowest BCUT2D eigenvalue weighted by atomic mass is 10.00. The Kier molecular flexibility index (Phi) is 3.88. The second-order valence-electron chi connectivity index (χ2n) is 6.02. The Morgan fingerprint density at radius 2 is 1.81 bits per heavy atom. The van der Waals surface area contributed by atoms with Crippen molar-refractivity contribution in [2.75, 3.05) is 13.7 Å². The molecule has 2 N–H and O–H groups in total. The van der Waals surface area contributed by atoms with Crippen LogP contribution in [0.5, 0.6) is 17.2 Å². The van der Waals surface area contributed by atoms with Gasteiger partial charge in [0.05, 0.1) is 25.1 Å². The maximum absolute atomic E-state index is 9.60. The molecule has 0 unspecified atom stereocenters. The Morgan fingerprint density at radius 3 is 2.50 bits per heavy atom. The van der Waals surface area contributed by atoms with Crippen molar-refractivity contribution in [1.82, 2.24) is 15.2 Å². The van der Waals surface area contributed by atoms with E-state index in [0.29, 0.717) is 23.8 Å². The molecule has 0 fully saturated rings. The zero-order valence-electron chi connectivity index (χ0n) is 14.8. The average Bonchev–Trinajstić information content (AvgIpc) is 3.02. The number of benzene rings is 2. The fourth-order valence-electron chi connectivity index (χ4n) is 3.23. The zero-order valence-corrected chi connectivity index (χ0v) is 14.8. The molecular formula is C20H19N3O3. The van der Waals surface area contributed by atoms with Crippen LogP contribution in [0.3, 0.4) is 0 Å². The predicted octanol–water partition coefficient (Wildman–Crippen LogP) is 4.20. The van der Waals surface area contributed by atoms with E-state index in [2.05, 4.69) is 10.2 Å². The van der Waals surface area contributed by atoms with E-state index in [1.54, 1.807) is 19.2 Å². The molecule has 0 atom stereocenters. The first-order chi connectivity index (χ1) is 12.6. The highest BCUT2D eigenvalue weighted by Crippen LogP contribution is 2.40. The molecule has 0 radical (unpaired) electrons. The van der Waals surface area contributed by atoms with Crippen molar-refractivity contribution in [3.8, 4) is 28.5 Å². The van der Waals surface area contributed by atoms with E-state index >= 15 is 0 Å². The van der Waals surface area contributed by atoms with Gasteiger partial charge >= 0.3 is 0 Å². The smallest absolute Gasteiger partial charge is 0.161 e. The second-order valence-corrected chi connectivity index (χ2v) is 6.02. The Hall–Kier alpha value is -3.28. The lowest BCUT2D eigenvalue weighted by Gasteiger charge is -2.14.